The van der Waals surface area contributed by atoms with Crippen LogP contribution in [0.2, 0.25) is 0 Å². The molecule has 1 unspecified atom stereocenters. The van der Waals surface area contributed by atoms with Crippen LogP contribution < -0.4 is 5.73 Å². The Morgan fingerprint density at radius 3 is 2.44 bits per heavy atom. The van der Waals surface area contributed by atoms with Gasteiger partial charge < -0.3 is 5.73 Å². The molecule has 0 amide bonds. The van der Waals surface area contributed by atoms with E-state index in [9.17, 15) is 8.42 Å². The van der Waals surface area contributed by atoms with Crippen LogP contribution >= 0.6 is 0 Å². The molecule has 1 aliphatic heterocycles. The van der Waals surface area contributed by atoms with Crippen molar-refractivity contribution in [2.45, 2.75) is 68.6 Å². The molecule has 2 aliphatic rings. The Hall–Kier alpha value is -0.0900. The molecular weight excluding hydrogens is 222 g/mol. The number of rotatable bonds is 3. The van der Waals surface area contributed by atoms with E-state index in [1.165, 1.54) is 12.8 Å². The maximum absolute atomic E-state index is 11.9. The summed E-state index contributed by atoms with van der Waals surface area (Å²) in [6.45, 7) is 0. The molecule has 0 aromatic rings. The van der Waals surface area contributed by atoms with Crippen LogP contribution in [0, 0.1) is 0 Å². The zero-order valence-corrected chi connectivity index (χ0v) is 10.8. The van der Waals surface area contributed by atoms with Crippen molar-refractivity contribution in [2.24, 2.45) is 5.73 Å². The van der Waals surface area contributed by atoms with Crippen LogP contribution in [-0.2, 0) is 9.84 Å². The minimum Gasteiger partial charge on any atom is -0.325 e. The van der Waals surface area contributed by atoms with E-state index in [1.807, 2.05) is 0 Å². The third kappa shape index (κ3) is 2.77. The van der Waals surface area contributed by atoms with E-state index in [1.54, 1.807) is 0 Å². The van der Waals surface area contributed by atoms with Gasteiger partial charge in [0.15, 0.2) is 9.84 Å². The summed E-state index contributed by atoms with van der Waals surface area (Å²) in [5.74, 6) is 0.398. The van der Waals surface area contributed by atoms with Gasteiger partial charge in [0.25, 0.3) is 0 Å². The molecule has 0 radical (unpaired) electrons. The van der Waals surface area contributed by atoms with Crippen LogP contribution in [-0.4, -0.2) is 25.0 Å². The molecule has 1 heterocycles. The van der Waals surface area contributed by atoms with E-state index in [-0.39, 0.29) is 10.8 Å². The molecule has 4 heteroatoms. The Labute approximate surface area is 98.7 Å². The zero-order valence-electron chi connectivity index (χ0n) is 9.95. The second kappa shape index (κ2) is 4.65. The second-order valence-electron chi connectivity index (χ2n) is 5.59. The van der Waals surface area contributed by atoms with E-state index >= 15 is 0 Å². The summed E-state index contributed by atoms with van der Waals surface area (Å²) in [5.41, 5.74) is 6.22. The normalized spacial score (nSPS) is 32.7. The van der Waals surface area contributed by atoms with Gasteiger partial charge in [0.2, 0.25) is 0 Å². The average molecular weight is 245 g/mol. The first-order chi connectivity index (χ1) is 7.52. The quantitative estimate of drug-likeness (QED) is 0.827. The van der Waals surface area contributed by atoms with Crippen LogP contribution in [0.1, 0.15) is 57.8 Å². The van der Waals surface area contributed by atoms with E-state index in [0.717, 1.165) is 44.9 Å². The highest BCUT2D eigenvalue weighted by Crippen LogP contribution is 2.33. The predicted octanol–water partition coefficient (Wildman–Crippen LogP) is 2.01. The van der Waals surface area contributed by atoms with Gasteiger partial charge in [-0.2, -0.15) is 0 Å². The SMILES string of the molecule is NC1(CCC2CCCCS2(=O)=O)CCCC1. The zero-order chi connectivity index (χ0) is 11.6. The van der Waals surface area contributed by atoms with E-state index in [2.05, 4.69) is 0 Å². The highest BCUT2D eigenvalue weighted by atomic mass is 32.2. The summed E-state index contributed by atoms with van der Waals surface area (Å²) in [5, 5.41) is -0.0951. The summed E-state index contributed by atoms with van der Waals surface area (Å²) in [6.07, 6.45) is 9.07. The van der Waals surface area contributed by atoms with Crippen molar-refractivity contribution in [1.82, 2.24) is 0 Å². The molecule has 2 N–H and O–H groups in total. The number of hydrogen-bond donors (Lipinski definition) is 1. The smallest absolute Gasteiger partial charge is 0.153 e. The van der Waals surface area contributed by atoms with Crippen molar-refractivity contribution in [1.29, 1.82) is 0 Å². The lowest BCUT2D eigenvalue weighted by atomic mass is 9.91. The number of hydrogen-bond acceptors (Lipinski definition) is 3. The summed E-state index contributed by atoms with van der Waals surface area (Å²) >= 11 is 0. The maximum Gasteiger partial charge on any atom is 0.153 e. The largest absolute Gasteiger partial charge is 0.325 e. The van der Waals surface area contributed by atoms with Gasteiger partial charge >= 0.3 is 0 Å². The summed E-state index contributed by atoms with van der Waals surface area (Å²) in [6, 6.07) is 0. The van der Waals surface area contributed by atoms with Crippen molar-refractivity contribution < 1.29 is 8.42 Å². The van der Waals surface area contributed by atoms with Crippen molar-refractivity contribution in [3.63, 3.8) is 0 Å². The van der Waals surface area contributed by atoms with Crippen LogP contribution in [0.15, 0.2) is 0 Å². The maximum atomic E-state index is 11.9. The molecule has 94 valence electrons. The van der Waals surface area contributed by atoms with Gasteiger partial charge in [-0.05, 0) is 38.5 Å². The van der Waals surface area contributed by atoms with E-state index in [4.69, 9.17) is 5.73 Å². The van der Waals surface area contributed by atoms with Gasteiger partial charge in [-0.25, -0.2) is 8.42 Å². The minimum absolute atomic E-state index is 0.0486. The van der Waals surface area contributed by atoms with Gasteiger partial charge in [0.1, 0.15) is 0 Å². The second-order valence-corrected chi connectivity index (χ2v) is 7.99. The fourth-order valence-corrected chi connectivity index (χ4v) is 5.07. The molecule has 3 nitrogen and oxygen atoms in total. The Kier molecular flexibility index (Phi) is 3.59. The third-order valence-corrected chi connectivity index (χ3v) is 6.62. The predicted molar refractivity (Wildman–Crippen MR) is 66.0 cm³/mol. The lowest BCUT2D eigenvalue weighted by molar-refractivity contribution is 0.380. The molecule has 0 aromatic carbocycles. The Bertz CT molecular complexity index is 331. The van der Waals surface area contributed by atoms with Gasteiger partial charge in [-0.1, -0.05) is 19.3 Å². The van der Waals surface area contributed by atoms with Crippen molar-refractivity contribution >= 4 is 9.84 Å². The fourth-order valence-electron chi connectivity index (χ4n) is 3.12. The molecule has 0 aromatic heterocycles. The molecule has 16 heavy (non-hydrogen) atoms. The minimum atomic E-state index is -2.80. The molecule has 1 aliphatic carbocycles. The molecular formula is C12H23NO2S. The number of nitrogens with two attached hydrogens (primary N) is 1. The number of sulfone groups is 1. The van der Waals surface area contributed by atoms with Gasteiger partial charge in [0.05, 0.1) is 11.0 Å². The Morgan fingerprint density at radius 2 is 1.81 bits per heavy atom. The molecule has 1 saturated heterocycles. The van der Waals surface area contributed by atoms with E-state index in [0.29, 0.717) is 5.75 Å². The van der Waals surface area contributed by atoms with Gasteiger partial charge in [-0.3, -0.25) is 0 Å². The molecule has 1 atom stereocenters. The Morgan fingerprint density at radius 1 is 1.12 bits per heavy atom. The van der Waals surface area contributed by atoms with E-state index < -0.39 is 9.84 Å². The topological polar surface area (TPSA) is 60.2 Å². The van der Waals surface area contributed by atoms with Crippen molar-refractivity contribution in [3.8, 4) is 0 Å². The van der Waals surface area contributed by atoms with Crippen molar-refractivity contribution in [2.75, 3.05) is 5.75 Å². The molecule has 1 saturated carbocycles. The molecule has 0 bridgehead atoms. The standard InChI is InChI=1S/C12H23NO2S/c13-12(7-2-3-8-12)9-6-11-5-1-4-10-16(11,14)15/h11H,1-10,13H2. The summed E-state index contributed by atoms with van der Waals surface area (Å²) < 4.78 is 23.7. The lowest BCUT2D eigenvalue weighted by Gasteiger charge is -2.28. The third-order valence-electron chi connectivity index (χ3n) is 4.28. The highest BCUT2D eigenvalue weighted by Gasteiger charge is 2.34. The Balaban J connectivity index is 1.89. The molecule has 2 rings (SSSR count). The van der Waals surface area contributed by atoms with Crippen molar-refractivity contribution in [3.05, 3.63) is 0 Å². The first kappa shape index (κ1) is 12.4. The molecule has 0 spiro atoms. The molecule has 2 fully saturated rings. The van der Waals surface area contributed by atoms with Gasteiger partial charge in [-0.15, -0.1) is 0 Å². The monoisotopic (exact) mass is 245 g/mol. The first-order valence-electron chi connectivity index (χ1n) is 6.52. The lowest BCUT2D eigenvalue weighted by Crippen LogP contribution is -2.38. The fraction of sp³-hybridized carbons (Fsp3) is 1.00. The van der Waals surface area contributed by atoms with Crippen LogP contribution in [0.3, 0.4) is 0 Å². The first-order valence-corrected chi connectivity index (χ1v) is 8.24. The van der Waals surface area contributed by atoms with Crippen LogP contribution in [0.25, 0.3) is 0 Å². The summed E-state index contributed by atoms with van der Waals surface area (Å²) in [4.78, 5) is 0. The summed E-state index contributed by atoms with van der Waals surface area (Å²) in [7, 11) is -2.80. The average Bonchev–Trinajstić information content (AvgIpc) is 2.64. The van der Waals surface area contributed by atoms with Gasteiger partial charge in [0, 0.05) is 5.54 Å². The highest BCUT2D eigenvalue weighted by molar-refractivity contribution is 7.92. The van der Waals surface area contributed by atoms with Crippen LogP contribution in [0.5, 0.6) is 0 Å². The van der Waals surface area contributed by atoms with Crippen LogP contribution in [0.4, 0.5) is 0 Å².